The van der Waals surface area contributed by atoms with Crippen LogP contribution in [0.4, 0.5) is 0 Å². The third-order valence-corrected chi connectivity index (χ3v) is 5.54. The van der Waals surface area contributed by atoms with Crippen LogP contribution in [0.25, 0.3) is 21.5 Å². The van der Waals surface area contributed by atoms with E-state index in [2.05, 4.69) is 89.3 Å². The molecule has 0 aliphatic rings. The molecule has 4 aromatic rings. The van der Waals surface area contributed by atoms with Crippen LogP contribution in [-0.2, 0) is 35.1 Å². The number of benzene rings is 2. The van der Waals surface area contributed by atoms with E-state index >= 15 is 0 Å². The summed E-state index contributed by atoms with van der Waals surface area (Å²) in [7, 11) is 0. The smallest absolute Gasteiger partial charge is 0.0387 e. The summed E-state index contributed by atoms with van der Waals surface area (Å²) in [6, 6.07) is 17.4. The molecule has 0 N–H and O–H groups in total. The van der Waals surface area contributed by atoms with Crippen LogP contribution < -0.4 is 24.8 Å². The number of alkyl halides is 2. The maximum absolute atomic E-state index is 5.87. The average molecular weight is 604 g/mol. The molecule has 0 aliphatic carbocycles. The average Bonchev–Trinajstić information content (AvgIpc) is 3.26. The molecule has 0 atom stereocenters. The first-order valence-electron chi connectivity index (χ1n) is 10.1. The van der Waals surface area contributed by atoms with Gasteiger partial charge in [0, 0.05) is 11.8 Å². The molecule has 0 saturated heterocycles. The number of rotatable bonds is 2. The van der Waals surface area contributed by atoms with Crippen LogP contribution in [0.1, 0.15) is 33.4 Å². The van der Waals surface area contributed by atoms with E-state index in [4.69, 9.17) is 23.2 Å². The summed E-state index contributed by atoms with van der Waals surface area (Å²) < 4.78 is 0. The van der Waals surface area contributed by atoms with Gasteiger partial charge in [-0.05, 0) is 0 Å². The molecular formula is C26H30Cl4SiZr-2. The van der Waals surface area contributed by atoms with Crippen molar-refractivity contribution in [3.63, 3.8) is 0 Å². The zero-order valence-corrected chi connectivity index (χ0v) is 26.0. The van der Waals surface area contributed by atoms with E-state index in [9.17, 15) is 0 Å². The van der Waals surface area contributed by atoms with E-state index in [1.54, 1.807) is 23.3 Å². The molecule has 4 aromatic carbocycles. The SMILES string of the molecule is C[Si](C)=[Zr+2].Cc1cc2c(CCl)ccc(C)c2[cH-]1.Cc1cc2c(CCl)ccc(C)c2[cH-]1.[Cl-].[Cl-]. The van der Waals surface area contributed by atoms with Crippen molar-refractivity contribution >= 4 is 50.2 Å². The normalized spacial score (nSPS) is 9.81. The van der Waals surface area contributed by atoms with Crippen LogP contribution in [0.3, 0.4) is 0 Å². The molecule has 0 radical (unpaired) electrons. The summed E-state index contributed by atoms with van der Waals surface area (Å²) in [5, 5.41) is 5.31. The van der Waals surface area contributed by atoms with Crippen molar-refractivity contribution in [1.82, 2.24) is 0 Å². The predicted octanol–water partition coefficient (Wildman–Crippen LogP) is 2.62. The maximum atomic E-state index is 5.87. The molecule has 0 amide bonds. The zero-order chi connectivity index (χ0) is 22.4. The molecule has 0 nitrogen and oxygen atoms in total. The van der Waals surface area contributed by atoms with Gasteiger partial charge in [0.15, 0.2) is 0 Å². The minimum absolute atomic E-state index is 0. The van der Waals surface area contributed by atoms with Crippen LogP contribution in [-0.4, -0.2) is 5.43 Å². The summed E-state index contributed by atoms with van der Waals surface area (Å²) in [6.07, 6.45) is 0. The number of fused-ring (bicyclic) bond motifs is 2. The fourth-order valence-corrected chi connectivity index (χ4v) is 4.00. The van der Waals surface area contributed by atoms with Gasteiger partial charge < -0.3 is 24.8 Å². The Morgan fingerprint density at radius 1 is 0.719 bits per heavy atom. The molecule has 6 heteroatoms. The first kappa shape index (κ1) is 31.9. The molecule has 0 bridgehead atoms. The van der Waals surface area contributed by atoms with Crippen molar-refractivity contribution < 1.29 is 48.1 Å². The Hall–Kier alpha value is -0.0800. The molecule has 0 aromatic heterocycles. The minimum Gasteiger partial charge on any atom is -1.00 e. The number of hydrogen-bond acceptors (Lipinski definition) is 0. The Balaban J connectivity index is 0.000000490. The van der Waals surface area contributed by atoms with Gasteiger partial charge in [-0.3, -0.25) is 0 Å². The third-order valence-electron chi connectivity index (χ3n) is 4.97. The topological polar surface area (TPSA) is 0 Å². The summed E-state index contributed by atoms with van der Waals surface area (Å²) in [5.74, 6) is 1.19. The van der Waals surface area contributed by atoms with Gasteiger partial charge in [0.05, 0.1) is 0 Å². The second kappa shape index (κ2) is 15.0. The van der Waals surface area contributed by atoms with Crippen molar-refractivity contribution in [2.45, 2.75) is 52.5 Å². The molecule has 4 rings (SSSR count). The first-order chi connectivity index (χ1) is 14.2. The maximum Gasteiger partial charge on any atom is 0.0387 e. The van der Waals surface area contributed by atoms with Crippen molar-refractivity contribution in [1.29, 1.82) is 0 Å². The van der Waals surface area contributed by atoms with Crippen LogP contribution in [0, 0.1) is 27.7 Å². The Morgan fingerprint density at radius 3 is 1.31 bits per heavy atom. The number of hydrogen-bond donors (Lipinski definition) is 0. The van der Waals surface area contributed by atoms with Gasteiger partial charge in [-0.15, -0.1) is 91.3 Å². The molecule has 0 spiro atoms. The van der Waals surface area contributed by atoms with E-state index in [0.29, 0.717) is 11.8 Å². The second-order valence-corrected chi connectivity index (χ2v) is 18.0. The Morgan fingerprint density at radius 2 is 1.03 bits per heavy atom. The van der Waals surface area contributed by atoms with E-state index < -0.39 is 0 Å². The minimum atomic E-state index is 0. The van der Waals surface area contributed by atoms with Gasteiger partial charge in [-0.25, -0.2) is 0 Å². The Labute approximate surface area is 231 Å². The predicted molar refractivity (Wildman–Crippen MR) is 135 cm³/mol. The summed E-state index contributed by atoms with van der Waals surface area (Å²) >= 11 is 13.5. The van der Waals surface area contributed by atoms with Gasteiger partial charge in [0.25, 0.3) is 0 Å². The van der Waals surface area contributed by atoms with E-state index in [0.717, 1.165) is 0 Å². The van der Waals surface area contributed by atoms with Crippen LogP contribution in [0.2, 0.25) is 13.1 Å². The van der Waals surface area contributed by atoms with Gasteiger partial charge >= 0.3 is 41.9 Å². The van der Waals surface area contributed by atoms with Crippen LogP contribution in [0.5, 0.6) is 0 Å². The first-order valence-corrected chi connectivity index (χ1v) is 17.4. The summed E-state index contributed by atoms with van der Waals surface area (Å²) in [6.45, 7) is 13.1. The third kappa shape index (κ3) is 8.61. The molecule has 0 saturated carbocycles. The van der Waals surface area contributed by atoms with Gasteiger partial charge in [0.1, 0.15) is 0 Å². The van der Waals surface area contributed by atoms with Gasteiger partial charge in [0.2, 0.25) is 0 Å². The monoisotopic (exact) mass is 600 g/mol. The Bertz CT molecular complexity index is 1070. The van der Waals surface area contributed by atoms with Crippen LogP contribution in [0.15, 0.2) is 48.5 Å². The quantitative estimate of drug-likeness (QED) is 0.188. The number of aryl methyl sites for hydroxylation is 4. The van der Waals surface area contributed by atoms with Crippen molar-refractivity contribution in [2.75, 3.05) is 0 Å². The summed E-state index contributed by atoms with van der Waals surface area (Å²) in [5.41, 5.74) is 7.97. The Kier molecular flexibility index (Phi) is 15.0. The van der Waals surface area contributed by atoms with Gasteiger partial charge in [-0.2, -0.15) is 12.1 Å². The molecule has 32 heavy (non-hydrogen) atoms. The molecule has 172 valence electrons. The molecule has 0 heterocycles. The standard InChI is InChI=1S/2C12H12Cl.C2H6Si.2ClH.Zr/c2*1-8-5-11-9(2)3-4-10(7-13)12(11)6-8;1-3-2;;;/h2*3-6H,7H2,1-2H3;1-2H3;2*1H;/q2*-1;;;;+2/p-2. The molecule has 0 unspecified atom stereocenters. The second-order valence-electron chi connectivity index (χ2n) is 8.07. The molecule has 0 aliphatic heterocycles. The van der Waals surface area contributed by atoms with Crippen molar-refractivity contribution in [3.05, 3.63) is 81.9 Å². The van der Waals surface area contributed by atoms with E-state index in [1.807, 2.05) is 0 Å². The number of halogens is 4. The van der Waals surface area contributed by atoms with Crippen molar-refractivity contribution in [3.8, 4) is 0 Å². The fourth-order valence-electron chi connectivity index (χ4n) is 3.53. The summed E-state index contributed by atoms with van der Waals surface area (Å²) in [4.78, 5) is 0. The van der Waals surface area contributed by atoms with E-state index in [-0.39, 0.29) is 30.2 Å². The molecule has 0 fully saturated rings. The largest absolute Gasteiger partial charge is 1.00 e. The fraction of sp³-hybridized carbons (Fsp3) is 0.308. The molecular weight excluding hydrogens is 573 g/mol. The zero-order valence-electron chi connectivity index (χ0n) is 19.5. The van der Waals surface area contributed by atoms with Gasteiger partial charge in [-0.1, -0.05) is 51.0 Å². The van der Waals surface area contributed by atoms with Crippen LogP contribution >= 0.6 is 23.2 Å². The van der Waals surface area contributed by atoms with Crippen molar-refractivity contribution in [2.24, 2.45) is 0 Å². The van der Waals surface area contributed by atoms with E-state index in [1.165, 1.54) is 54.9 Å².